The van der Waals surface area contributed by atoms with Gasteiger partial charge in [-0.2, -0.15) is 0 Å². The SMILES string of the molecule is CCCCCCCCCCC/C=C/CC/C=C/CC/C=C/C(O)C(COC1OC(CO)C(O)C(O)C1O)NC(=O)CCCCCCCCCCCCCCCCC/C=C\CCCCCCCCCCCCCC. The van der Waals surface area contributed by atoms with Crippen molar-refractivity contribution in [2.45, 2.75) is 339 Å². The average Bonchev–Trinajstić information content (AvgIpc) is 3.39. The smallest absolute Gasteiger partial charge is 0.220 e. The molecule has 1 saturated heterocycles. The Labute approximate surface area is 450 Å². The number of hydrogen-bond donors (Lipinski definition) is 6. The molecule has 0 bridgehead atoms. The first kappa shape index (κ1) is 69.2. The predicted octanol–water partition coefficient (Wildman–Crippen LogP) is 16.1. The number of rotatable bonds is 54. The van der Waals surface area contributed by atoms with E-state index in [2.05, 4.69) is 55.6 Å². The van der Waals surface area contributed by atoms with Crippen molar-refractivity contribution in [3.63, 3.8) is 0 Å². The van der Waals surface area contributed by atoms with Crippen LogP contribution in [0.1, 0.15) is 296 Å². The van der Waals surface area contributed by atoms with Gasteiger partial charge in [-0.15, -0.1) is 0 Å². The minimum Gasteiger partial charge on any atom is -0.394 e. The molecule has 9 nitrogen and oxygen atoms in total. The fourth-order valence-electron chi connectivity index (χ4n) is 9.89. The Bertz CT molecular complexity index is 1290. The normalized spacial score (nSPS) is 19.4. The zero-order valence-corrected chi connectivity index (χ0v) is 47.6. The van der Waals surface area contributed by atoms with Crippen LogP contribution in [-0.4, -0.2) is 87.5 Å². The molecule has 1 aliphatic heterocycles. The molecular weight excluding hydrogens is 911 g/mol. The first-order valence-electron chi connectivity index (χ1n) is 31.4. The molecule has 1 amide bonds. The van der Waals surface area contributed by atoms with Crippen molar-refractivity contribution in [2.75, 3.05) is 13.2 Å². The lowest BCUT2D eigenvalue weighted by Crippen LogP contribution is -2.60. The Hall–Kier alpha value is -1.85. The number of ether oxygens (including phenoxy) is 2. The van der Waals surface area contributed by atoms with Gasteiger partial charge in [-0.3, -0.25) is 4.79 Å². The molecule has 0 saturated carbocycles. The Kier molecular flexibility index (Phi) is 50.7. The summed E-state index contributed by atoms with van der Waals surface area (Å²) in [5.74, 6) is -0.187. The molecule has 0 aromatic heterocycles. The zero-order valence-electron chi connectivity index (χ0n) is 47.6. The van der Waals surface area contributed by atoms with Crippen LogP contribution in [0.5, 0.6) is 0 Å². The van der Waals surface area contributed by atoms with Crippen LogP contribution < -0.4 is 5.32 Å². The molecule has 73 heavy (non-hydrogen) atoms. The monoisotopic (exact) mass is 1030 g/mol. The number of hydrogen-bond acceptors (Lipinski definition) is 8. The van der Waals surface area contributed by atoms with E-state index in [4.69, 9.17) is 9.47 Å². The third-order valence-corrected chi connectivity index (χ3v) is 14.9. The Balaban J connectivity index is 2.17. The minimum absolute atomic E-state index is 0.187. The Morgan fingerprint density at radius 2 is 0.781 bits per heavy atom. The van der Waals surface area contributed by atoms with Crippen LogP contribution in [0.25, 0.3) is 0 Å². The summed E-state index contributed by atoms with van der Waals surface area (Å²) in [5.41, 5.74) is 0. The molecule has 6 N–H and O–H groups in total. The highest BCUT2D eigenvalue weighted by Gasteiger charge is 2.44. The van der Waals surface area contributed by atoms with E-state index in [0.717, 1.165) is 44.9 Å². The highest BCUT2D eigenvalue weighted by molar-refractivity contribution is 5.76. The predicted molar refractivity (Wildman–Crippen MR) is 309 cm³/mol. The van der Waals surface area contributed by atoms with E-state index in [1.54, 1.807) is 6.08 Å². The van der Waals surface area contributed by atoms with Gasteiger partial charge in [0.05, 0.1) is 25.4 Å². The van der Waals surface area contributed by atoms with Crippen molar-refractivity contribution in [1.29, 1.82) is 0 Å². The summed E-state index contributed by atoms with van der Waals surface area (Å²) in [6.45, 7) is 3.78. The molecule has 7 atom stereocenters. The van der Waals surface area contributed by atoms with Crippen LogP contribution >= 0.6 is 0 Å². The summed E-state index contributed by atoms with van der Waals surface area (Å²) in [4.78, 5) is 13.1. The van der Waals surface area contributed by atoms with Crippen LogP contribution in [0.15, 0.2) is 48.6 Å². The molecule has 1 aliphatic rings. The summed E-state index contributed by atoms with van der Waals surface area (Å²) in [5, 5.41) is 54.5. The fraction of sp³-hybridized carbons (Fsp3) is 0.859. The van der Waals surface area contributed by atoms with Crippen molar-refractivity contribution in [3.8, 4) is 0 Å². The second-order valence-electron chi connectivity index (χ2n) is 21.8. The summed E-state index contributed by atoms with van der Waals surface area (Å²) in [6, 6.07) is -0.829. The summed E-state index contributed by atoms with van der Waals surface area (Å²) >= 11 is 0. The molecule has 0 aliphatic carbocycles. The van der Waals surface area contributed by atoms with Crippen molar-refractivity contribution < 1.29 is 39.8 Å². The number of nitrogens with one attached hydrogen (secondary N) is 1. The molecule has 1 fully saturated rings. The van der Waals surface area contributed by atoms with Gasteiger partial charge in [-0.05, 0) is 70.6 Å². The molecule has 1 heterocycles. The summed E-state index contributed by atoms with van der Waals surface area (Å²) < 4.78 is 11.3. The van der Waals surface area contributed by atoms with Gasteiger partial charge in [-0.1, -0.05) is 268 Å². The number of unbranched alkanes of at least 4 members (excludes halogenated alkanes) is 38. The maximum absolute atomic E-state index is 13.1. The van der Waals surface area contributed by atoms with E-state index < -0.39 is 49.5 Å². The van der Waals surface area contributed by atoms with Crippen LogP contribution in [0, 0.1) is 0 Å². The number of aliphatic hydroxyl groups excluding tert-OH is 5. The number of allylic oxidation sites excluding steroid dienone is 7. The minimum atomic E-state index is -1.58. The fourth-order valence-corrected chi connectivity index (χ4v) is 9.89. The van der Waals surface area contributed by atoms with Crippen LogP contribution in [0.3, 0.4) is 0 Å². The lowest BCUT2D eigenvalue weighted by atomic mass is 9.99. The van der Waals surface area contributed by atoms with Gasteiger partial charge in [0.2, 0.25) is 5.91 Å². The number of amides is 1. The number of aliphatic hydroxyl groups is 5. The largest absolute Gasteiger partial charge is 0.394 e. The van der Waals surface area contributed by atoms with Crippen molar-refractivity contribution >= 4 is 5.91 Å². The molecular formula is C64H119NO8. The Morgan fingerprint density at radius 1 is 0.452 bits per heavy atom. The zero-order chi connectivity index (χ0) is 52.9. The van der Waals surface area contributed by atoms with Gasteiger partial charge in [-0.25, -0.2) is 0 Å². The van der Waals surface area contributed by atoms with Gasteiger partial charge in [0.15, 0.2) is 6.29 Å². The molecule has 1 rings (SSSR count). The van der Waals surface area contributed by atoms with E-state index in [9.17, 15) is 30.3 Å². The van der Waals surface area contributed by atoms with Crippen LogP contribution in [-0.2, 0) is 14.3 Å². The van der Waals surface area contributed by atoms with E-state index in [1.807, 2.05) is 6.08 Å². The van der Waals surface area contributed by atoms with Gasteiger partial charge in [0.1, 0.15) is 24.4 Å². The van der Waals surface area contributed by atoms with E-state index >= 15 is 0 Å². The Morgan fingerprint density at radius 3 is 1.15 bits per heavy atom. The second kappa shape index (κ2) is 53.5. The standard InChI is InChI=1S/C64H119NO8/c1-3-5-7-9-11-13-15-17-19-21-23-24-25-26-27-28-29-30-31-32-33-34-36-38-40-42-44-46-48-50-52-54-60(68)65-57(56-72-64-63(71)62(70)61(69)59(55-66)73-64)58(67)53-51-49-47-45-43-41-39-37-35-22-20-18-16-14-12-10-8-6-4-2/h26-27,35,37,43,45,51,53,57-59,61-64,66-67,69-71H,3-25,28-34,36,38-42,44,46-50,52,54-56H2,1-2H3,(H,65,68)/b27-26-,37-35+,45-43+,53-51+. The molecule has 0 radical (unpaired) electrons. The molecule has 9 heteroatoms. The van der Waals surface area contributed by atoms with Crippen LogP contribution in [0.2, 0.25) is 0 Å². The molecule has 7 unspecified atom stereocenters. The van der Waals surface area contributed by atoms with E-state index in [-0.39, 0.29) is 12.5 Å². The molecule has 0 aromatic carbocycles. The van der Waals surface area contributed by atoms with Gasteiger partial charge < -0.3 is 40.3 Å². The topological polar surface area (TPSA) is 149 Å². The second-order valence-corrected chi connectivity index (χ2v) is 21.8. The van der Waals surface area contributed by atoms with E-state index in [0.29, 0.717) is 6.42 Å². The highest BCUT2D eigenvalue weighted by Crippen LogP contribution is 2.23. The number of carbonyl (C=O) groups excluding carboxylic acids is 1. The first-order chi connectivity index (χ1) is 35.8. The van der Waals surface area contributed by atoms with Crippen molar-refractivity contribution in [3.05, 3.63) is 48.6 Å². The first-order valence-corrected chi connectivity index (χ1v) is 31.4. The third-order valence-electron chi connectivity index (χ3n) is 14.9. The lowest BCUT2D eigenvalue weighted by molar-refractivity contribution is -0.302. The quantitative estimate of drug-likeness (QED) is 0.0261. The van der Waals surface area contributed by atoms with Gasteiger partial charge in [0, 0.05) is 6.42 Å². The van der Waals surface area contributed by atoms with Gasteiger partial charge >= 0.3 is 0 Å². The molecule has 0 spiro atoms. The summed E-state index contributed by atoms with van der Waals surface area (Å²) in [7, 11) is 0. The van der Waals surface area contributed by atoms with Gasteiger partial charge in [0.25, 0.3) is 0 Å². The van der Waals surface area contributed by atoms with Crippen molar-refractivity contribution in [2.24, 2.45) is 0 Å². The van der Waals surface area contributed by atoms with E-state index in [1.165, 1.54) is 231 Å². The third kappa shape index (κ3) is 42.9. The van der Waals surface area contributed by atoms with Crippen LogP contribution in [0.4, 0.5) is 0 Å². The van der Waals surface area contributed by atoms with Crippen molar-refractivity contribution in [1.82, 2.24) is 5.32 Å². The molecule has 428 valence electrons. The highest BCUT2D eigenvalue weighted by atomic mass is 16.7. The number of carbonyl (C=O) groups is 1. The maximum Gasteiger partial charge on any atom is 0.220 e. The average molecular weight is 1030 g/mol. The molecule has 0 aromatic rings. The lowest BCUT2D eigenvalue weighted by Gasteiger charge is -2.40. The maximum atomic E-state index is 13.1. The summed E-state index contributed by atoms with van der Waals surface area (Å²) in [6.07, 6.45) is 64.9.